The van der Waals surface area contributed by atoms with Crippen LogP contribution in [0.2, 0.25) is 0 Å². The Labute approximate surface area is 292 Å². The minimum absolute atomic E-state index is 0.926. The summed E-state index contributed by atoms with van der Waals surface area (Å²) in [7, 11) is 0. The molecular formula is C50H28O. The highest BCUT2D eigenvalue weighted by Gasteiger charge is 2.22. The highest BCUT2D eigenvalue weighted by molar-refractivity contribution is 6.29. The summed E-state index contributed by atoms with van der Waals surface area (Å²) in [5.74, 6) is 0. The van der Waals surface area contributed by atoms with Crippen molar-refractivity contribution in [1.29, 1.82) is 0 Å². The summed E-state index contributed by atoms with van der Waals surface area (Å²) in [6.45, 7) is 0. The van der Waals surface area contributed by atoms with Crippen molar-refractivity contribution in [2.75, 3.05) is 0 Å². The summed E-state index contributed by atoms with van der Waals surface area (Å²) < 4.78 is 7.15. The van der Waals surface area contributed by atoms with E-state index in [1.807, 2.05) is 0 Å². The van der Waals surface area contributed by atoms with Gasteiger partial charge in [-0.2, -0.15) is 0 Å². The average Bonchev–Trinajstić information content (AvgIpc) is 3.60. The molecule has 1 heteroatoms. The fourth-order valence-electron chi connectivity index (χ4n) is 9.11. The van der Waals surface area contributed by atoms with E-state index in [2.05, 4.69) is 170 Å². The number of hydrogen-bond donors (Lipinski definition) is 0. The van der Waals surface area contributed by atoms with Gasteiger partial charge in [-0.3, -0.25) is 0 Å². The third kappa shape index (κ3) is 3.65. The van der Waals surface area contributed by atoms with E-state index in [-0.39, 0.29) is 0 Å². The Morgan fingerprint density at radius 1 is 0.216 bits per heavy atom. The molecule has 0 bridgehead atoms. The zero-order chi connectivity index (χ0) is 33.2. The fourth-order valence-corrected chi connectivity index (χ4v) is 9.11. The van der Waals surface area contributed by atoms with Gasteiger partial charge in [-0.1, -0.05) is 158 Å². The number of rotatable bonds is 2. The molecule has 0 N–H and O–H groups in total. The molecule has 0 atom stereocenters. The van der Waals surface area contributed by atoms with Crippen LogP contribution in [0.5, 0.6) is 0 Å². The predicted molar refractivity (Wildman–Crippen MR) is 218 cm³/mol. The number of furan rings is 1. The highest BCUT2D eigenvalue weighted by atomic mass is 16.3. The summed E-state index contributed by atoms with van der Waals surface area (Å²) in [6, 6.07) is 62.5. The first-order valence-electron chi connectivity index (χ1n) is 17.7. The Kier molecular flexibility index (Phi) is 5.29. The fraction of sp³-hybridized carbons (Fsp3) is 0. The van der Waals surface area contributed by atoms with E-state index in [0.717, 1.165) is 32.9 Å². The molecule has 0 aliphatic carbocycles. The van der Waals surface area contributed by atoms with Gasteiger partial charge in [0, 0.05) is 21.7 Å². The third-order valence-electron chi connectivity index (χ3n) is 11.4. The molecule has 1 aromatic heterocycles. The van der Waals surface area contributed by atoms with Crippen molar-refractivity contribution in [2.45, 2.75) is 0 Å². The topological polar surface area (TPSA) is 13.1 Å². The van der Waals surface area contributed by atoms with E-state index in [1.54, 1.807) is 0 Å². The largest absolute Gasteiger partial charge is 0.455 e. The van der Waals surface area contributed by atoms with Crippen molar-refractivity contribution in [3.63, 3.8) is 0 Å². The third-order valence-corrected chi connectivity index (χ3v) is 11.4. The normalized spacial score (nSPS) is 12.3. The number of fused-ring (bicyclic) bond motifs is 10. The van der Waals surface area contributed by atoms with Crippen LogP contribution in [-0.2, 0) is 0 Å². The lowest BCUT2D eigenvalue weighted by Gasteiger charge is -2.16. The van der Waals surface area contributed by atoms with Crippen LogP contribution in [0.1, 0.15) is 0 Å². The molecule has 0 radical (unpaired) electrons. The molecule has 0 fully saturated rings. The average molecular weight is 645 g/mol. The second-order valence-electron chi connectivity index (χ2n) is 14.0. The standard InChI is InChI=1S/C50H28O/c1-3-11-35-29(7-1)15-16-33-20-23-38-37(13-6-14-40(38)46(33)35)43-28-27-42(48-44-26-19-30-8-2-4-12-36(30)49(44)51-50(43)48)39-24-21-34-18-17-31-9-5-10-32-22-25-41(39)47(34)45(31)32/h1-28H. The molecule has 0 aliphatic heterocycles. The van der Waals surface area contributed by atoms with E-state index in [0.29, 0.717) is 0 Å². The minimum atomic E-state index is 0.926. The first-order chi connectivity index (χ1) is 25.3. The zero-order valence-corrected chi connectivity index (χ0v) is 27.6. The van der Waals surface area contributed by atoms with Crippen molar-refractivity contribution in [3.8, 4) is 22.3 Å². The van der Waals surface area contributed by atoms with Gasteiger partial charge >= 0.3 is 0 Å². The second-order valence-corrected chi connectivity index (χ2v) is 14.0. The molecule has 11 aromatic carbocycles. The Bertz CT molecular complexity index is 3400. The molecule has 12 rings (SSSR count). The first kappa shape index (κ1) is 27.2. The van der Waals surface area contributed by atoms with Crippen molar-refractivity contribution >= 4 is 97.3 Å². The molecule has 1 heterocycles. The van der Waals surface area contributed by atoms with Gasteiger partial charge in [-0.05, 0) is 98.8 Å². The smallest absolute Gasteiger partial charge is 0.143 e. The lowest BCUT2D eigenvalue weighted by atomic mass is 9.87. The maximum atomic E-state index is 7.15. The molecule has 51 heavy (non-hydrogen) atoms. The quantitative estimate of drug-likeness (QED) is 0.171. The molecule has 0 unspecified atom stereocenters. The minimum Gasteiger partial charge on any atom is -0.455 e. The van der Waals surface area contributed by atoms with E-state index in [4.69, 9.17) is 4.42 Å². The van der Waals surface area contributed by atoms with Crippen molar-refractivity contribution in [1.82, 2.24) is 0 Å². The lowest BCUT2D eigenvalue weighted by Crippen LogP contribution is -1.89. The van der Waals surface area contributed by atoms with Crippen LogP contribution < -0.4 is 0 Å². The molecule has 0 saturated heterocycles. The van der Waals surface area contributed by atoms with Gasteiger partial charge in [-0.15, -0.1) is 0 Å². The van der Waals surface area contributed by atoms with E-state index >= 15 is 0 Å². The summed E-state index contributed by atoms with van der Waals surface area (Å²) in [6.07, 6.45) is 0. The van der Waals surface area contributed by atoms with Gasteiger partial charge in [0.05, 0.1) is 0 Å². The van der Waals surface area contributed by atoms with Gasteiger partial charge in [0.25, 0.3) is 0 Å². The second kappa shape index (κ2) is 9.94. The zero-order valence-electron chi connectivity index (χ0n) is 27.6. The molecule has 0 saturated carbocycles. The Morgan fingerprint density at radius 3 is 1.57 bits per heavy atom. The monoisotopic (exact) mass is 644 g/mol. The summed E-state index contributed by atoms with van der Waals surface area (Å²) in [5.41, 5.74) is 6.57. The van der Waals surface area contributed by atoms with Crippen LogP contribution in [0.15, 0.2) is 174 Å². The molecule has 1 nitrogen and oxygen atoms in total. The molecule has 0 spiro atoms. The number of benzene rings is 11. The van der Waals surface area contributed by atoms with Crippen LogP contribution in [0, 0.1) is 0 Å². The van der Waals surface area contributed by atoms with Gasteiger partial charge < -0.3 is 4.42 Å². The van der Waals surface area contributed by atoms with E-state index in [9.17, 15) is 0 Å². The van der Waals surface area contributed by atoms with E-state index in [1.165, 1.54) is 86.7 Å². The number of hydrogen-bond acceptors (Lipinski definition) is 1. The summed E-state index contributed by atoms with van der Waals surface area (Å²) in [4.78, 5) is 0. The molecular weight excluding hydrogens is 617 g/mol. The van der Waals surface area contributed by atoms with Crippen LogP contribution in [0.4, 0.5) is 0 Å². The summed E-state index contributed by atoms with van der Waals surface area (Å²) in [5, 5.41) is 19.9. The van der Waals surface area contributed by atoms with Crippen LogP contribution in [0.3, 0.4) is 0 Å². The van der Waals surface area contributed by atoms with Crippen LogP contribution >= 0.6 is 0 Å². The Morgan fingerprint density at radius 2 is 0.725 bits per heavy atom. The molecule has 12 aromatic rings. The van der Waals surface area contributed by atoms with Crippen molar-refractivity contribution < 1.29 is 4.42 Å². The highest BCUT2D eigenvalue weighted by Crippen LogP contribution is 2.48. The molecule has 234 valence electrons. The van der Waals surface area contributed by atoms with Crippen molar-refractivity contribution in [2.24, 2.45) is 0 Å². The van der Waals surface area contributed by atoms with Crippen molar-refractivity contribution in [3.05, 3.63) is 170 Å². The van der Waals surface area contributed by atoms with Crippen LogP contribution in [-0.4, -0.2) is 0 Å². The van der Waals surface area contributed by atoms with Crippen LogP contribution in [0.25, 0.3) is 120 Å². The molecule has 0 amide bonds. The van der Waals surface area contributed by atoms with E-state index < -0.39 is 0 Å². The maximum absolute atomic E-state index is 7.15. The van der Waals surface area contributed by atoms with Gasteiger partial charge in [0.1, 0.15) is 11.2 Å². The van der Waals surface area contributed by atoms with Gasteiger partial charge in [0.2, 0.25) is 0 Å². The predicted octanol–water partition coefficient (Wildman–Crippen LogP) is 14.4. The lowest BCUT2D eigenvalue weighted by molar-refractivity contribution is 0.674. The Hall–Kier alpha value is -6.70. The first-order valence-corrected chi connectivity index (χ1v) is 17.7. The SMILES string of the molecule is c1ccc2c(c1)ccc1c2oc2c(-c3cccc4c3ccc3ccc5ccccc5c34)ccc(-c3ccc4ccc5cccc6ccc3c4c56)c21. The molecule has 0 aliphatic rings. The van der Waals surface area contributed by atoms with Gasteiger partial charge in [-0.25, -0.2) is 0 Å². The van der Waals surface area contributed by atoms with Gasteiger partial charge in [0.15, 0.2) is 0 Å². The maximum Gasteiger partial charge on any atom is 0.143 e. The Balaban J connectivity index is 1.21. The summed E-state index contributed by atoms with van der Waals surface area (Å²) >= 11 is 0.